The highest BCUT2D eigenvalue weighted by Crippen LogP contribution is 2.26. The second kappa shape index (κ2) is 4.72. The Hall–Kier alpha value is -2.20. The SMILES string of the molecule is CNc1nc2sccn2c1S(=O)(=O)Nc1ncccn1. The third-order valence-corrected chi connectivity index (χ3v) is 4.61. The first kappa shape index (κ1) is 12.8. The zero-order chi connectivity index (χ0) is 14.2. The molecule has 104 valence electrons. The Morgan fingerprint density at radius 3 is 2.75 bits per heavy atom. The number of aromatic nitrogens is 4. The number of nitrogens with one attached hydrogen (secondary N) is 2. The van der Waals surface area contributed by atoms with Crippen LogP contribution in [0.4, 0.5) is 11.8 Å². The van der Waals surface area contributed by atoms with E-state index in [-0.39, 0.29) is 16.8 Å². The normalized spacial score (nSPS) is 11.7. The van der Waals surface area contributed by atoms with Crippen molar-refractivity contribution in [2.45, 2.75) is 5.03 Å². The third-order valence-electron chi connectivity index (χ3n) is 2.50. The quantitative estimate of drug-likeness (QED) is 0.746. The van der Waals surface area contributed by atoms with Gasteiger partial charge in [-0.05, 0) is 6.07 Å². The molecular formula is C10H10N6O2S2. The summed E-state index contributed by atoms with van der Waals surface area (Å²) >= 11 is 1.35. The highest BCUT2D eigenvalue weighted by atomic mass is 32.2. The van der Waals surface area contributed by atoms with Crippen molar-refractivity contribution in [2.24, 2.45) is 0 Å². The molecule has 0 saturated heterocycles. The summed E-state index contributed by atoms with van der Waals surface area (Å²) in [4.78, 5) is 12.5. The molecule has 0 saturated carbocycles. The van der Waals surface area contributed by atoms with E-state index in [9.17, 15) is 8.42 Å². The van der Waals surface area contributed by atoms with E-state index in [2.05, 4.69) is 25.0 Å². The van der Waals surface area contributed by atoms with Gasteiger partial charge in [0.25, 0.3) is 10.0 Å². The van der Waals surface area contributed by atoms with Crippen LogP contribution in [0.25, 0.3) is 4.96 Å². The average Bonchev–Trinajstić information content (AvgIpc) is 2.98. The van der Waals surface area contributed by atoms with Crippen molar-refractivity contribution in [3.05, 3.63) is 30.0 Å². The molecule has 0 spiro atoms. The summed E-state index contributed by atoms with van der Waals surface area (Å²) in [7, 11) is -2.22. The summed E-state index contributed by atoms with van der Waals surface area (Å²) in [6.45, 7) is 0. The van der Waals surface area contributed by atoms with E-state index in [0.29, 0.717) is 4.96 Å². The number of thiazole rings is 1. The number of anilines is 2. The van der Waals surface area contributed by atoms with Crippen LogP contribution in [0.1, 0.15) is 0 Å². The van der Waals surface area contributed by atoms with E-state index in [4.69, 9.17) is 0 Å². The summed E-state index contributed by atoms with van der Waals surface area (Å²) in [6, 6.07) is 1.60. The van der Waals surface area contributed by atoms with E-state index < -0.39 is 10.0 Å². The molecule has 0 atom stereocenters. The monoisotopic (exact) mass is 310 g/mol. The highest BCUT2D eigenvalue weighted by Gasteiger charge is 2.26. The van der Waals surface area contributed by atoms with Crippen LogP contribution in [0.2, 0.25) is 0 Å². The summed E-state index contributed by atoms with van der Waals surface area (Å²) < 4.78 is 28.8. The first-order chi connectivity index (χ1) is 9.62. The second-order valence-electron chi connectivity index (χ2n) is 3.75. The number of fused-ring (bicyclic) bond motifs is 1. The Kier molecular flexibility index (Phi) is 3.03. The molecule has 8 nitrogen and oxygen atoms in total. The van der Waals surface area contributed by atoms with Gasteiger partial charge in [-0.2, -0.15) is 8.42 Å². The van der Waals surface area contributed by atoms with Gasteiger partial charge < -0.3 is 5.32 Å². The van der Waals surface area contributed by atoms with Crippen LogP contribution < -0.4 is 10.0 Å². The summed E-state index contributed by atoms with van der Waals surface area (Å²) in [5, 5.41) is 4.57. The Labute approximate surface area is 118 Å². The second-order valence-corrected chi connectivity index (χ2v) is 6.22. The number of hydrogen-bond donors (Lipinski definition) is 2. The first-order valence-electron chi connectivity index (χ1n) is 5.55. The molecule has 0 bridgehead atoms. The maximum atomic E-state index is 12.5. The van der Waals surface area contributed by atoms with Crippen molar-refractivity contribution >= 4 is 38.1 Å². The van der Waals surface area contributed by atoms with Gasteiger partial charge in [0.1, 0.15) is 0 Å². The van der Waals surface area contributed by atoms with Crippen LogP contribution in [-0.4, -0.2) is 34.8 Å². The molecule has 0 aromatic carbocycles. The molecule has 0 aliphatic carbocycles. The lowest BCUT2D eigenvalue weighted by atomic mass is 10.7. The Bertz CT molecular complexity index is 839. The number of rotatable bonds is 4. The molecule has 10 heteroatoms. The molecule has 0 radical (unpaired) electrons. The van der Waals surface area contributed by atoms with Gasteiger partial charge in [-0.3, -0.25) is 4.40 Å². The Morgan fingerprint density at radius 2 is 2.05 bits per heavy atom. The number of hydrogen-bond acceptors (Lipinski definition) is 7. The van der Waals surface area contributed by atoms with Crippen LogP contribution in [0.15, 0.2) is 35.1 Å². The topological polar surface area (TPSA) is 101 Å². The molecule has 0 aliphatic heterocycles. The minimum Gasteiger partial charge on any atom is -0.371 e. The van der Waals surface area contributed by atoms with E-state index in [1.165, 1.54) is 28.1 Å². The predicted molar refractivity (Wildman–Crippen MR) is 75.5 cm³/mol. The van der Waals surface area contributed by atoms with Crippen LogP contribution in [0.3, 0.4) is 0 Å². The molecular weight excluding hydrogens is 300 g/mol. The minimum absolute atomic E-state index is 0.0136. The molecule has 3 heterocycles. The van der Waals surface area contributed by atoms with Gasteiger partial charge in [0.05, 0.1) is 0 Å². The van der Waals surface area contributed by atoms with Crippen LogP contribution in [-0.2, 0) is 10.0 Å². The van der Waals surface area contributed by atoms with Crippen LogP contribution in [0.5, 0.6) is 0 Å². The van der Waals surface area contributed by atoms with Gasteiger partial charge in [0.2, 0.25) is 11.0 Å². The molecule has 20 heavy (non-hydrogen) atoms. The molecule has 3 rings (SSSR count). The van der Waals surface area contributed by atoms with Crippen molar-refractivity contribution in [1.82, 2.24) is 19.4 Å². The largest absolute Gasteiger partial charge is 0.371 e. The average molecular weight is 310 g/mol. The minimum atomic E-state index is -3.84. The van der Waals surface area contributed by atoms with Gasteiger partial charge in [-0.25, -0.2) is 19.7 Å². The summed E-state index contributed by atoms with van der Waals surface area (Å²) in [6.07, 6.45) is 4.56. The van der Waals surface area contributed by atoms with Crippen LogP contribution >= 0.6 is 11.3 Å². The molecule has 2 N–H and O–H groups in total. The lowest BCUT2D eigenvalue weighted by molar-refractivity contribution is 0.596. The fourth-order valence-electron chi connectivity index (χ4n) is 1.70. The predicted octanol–water partition coefficient (Wildman–Crippen LogP) is 1.03. The Morgan fingerprint density at radius 1 is 1.30 bits per heavy atom. The molecule has 0 fully saturated rings. The lowest BCUT2D eigenvalue weighted by Crippen LogP contribution is -2.17. The molecule has 0 amide bonds. The van der Waals surface area contributed by atoms with Crippen molar-refractivity contribution in [3.63, 3.8) is 0 Å². The zero-order valence-electron chi connectivity index (χ0n) is 10.3. The van der Waals surface area contributed by atoms with Crippen LogP contribution in [0, 0.1) is 0 Å². The van der Waals surface area contributed by atoms with Gasteiger partial charge in [-0.15, -0.1) is 11.3 Å². The van der Waals surface area contributed by atoms with Gasteiger partial charge in [0.15, 0.2) is 10.8 Å². The smallest absolute Gasteiger partial charge is 0.284 e. The molecule has 0 aliphatic rings. The zero-order valence-corrected chi connectivity index (χ0v) is 11.9. The van der Waals surface area contributed by atoms with Crippen molar-refractivity contribution in [1.29, 1.82) is 0 Å². The lowest BCUT2D eigenvalue weighted by Gasteiger charge is -2.06. The van der Waals surface area contributed by atoms with E-state index in [0.717, 1.165) is 0 Å². The van der Waals surface area contributed by atoms with E-state index in [1.807, 2.05) is 0 Å². The first-order valence-corrected chi connectivity index (χ1v) is 7.91. The maximum absolute atomic E-state index is 12.5. The highest BCUT2D eigenvalue weighted by molar-refractivity contribution is 7.92. The molecule has 3 aromatic rings. The number of nitrogens with zero attached hydrogens (tertiary/aromatic N) is 4. The van der Waals surface area contributed by atoms with Gasteiger partial charge in [-0.1, -0.05) is 0 Å². The standard InChI is InChI=1S/C10H10N6O2S2/c1-11-7-8(16-5-6-19-10(16)14-7)20(17,18)15-9-12-3-2-4-13-9/h2-6,11H,1H3,(H,12,13,15). The Balaban J connectivity index is 2.11. The molecule has 0 unspecified atom stereocenters. The number of sulfonamides is 1. The maximum Gasteiger partial charge on any atom is 0.284 e. The van der Waals surface area contributed by atoms with Crippen molar-refractivity contribution < 1.29 is 8.42 Å². The van der Waals surface area contributed by atoms with Gasteiger partial charge >= 0.3 is 0 Å². The summed E-state index contributed by atoms with van der Waals surface area (Å²) in [5.74, 6) is 0.292. The van der Waals surface area contributed by atoms with Crippen molar-refractivity contribution in [3.8, 4) is 0 Å². The van der Waals surface area contributed by atoms with Crippen molar-refractivity contribution in [2.75, 3.05) is 17.1 Å². The van der Waals surface area contributed by atoms with E-state index in [1.54, 1.807) is 24.7 Å². The fraction of sp³-hybridized carbons (Fsp3) is 0.100. The summed E-state index contributed by atoms with van der Waals surface area (Å²) in [5.41, 5.74) is 0. The van der Waals surface area contributed by atoms with Gasteiger partial charge in [0, 0.05) is 31.0 Å². The molecule has 3 aromatic heterocycles. The fourth-order valence-corrected chi connectivity index (χ4v) is 3.73. The number of imidazole rings is 1. The third kappa shape index (κ3) is 2.08. The van der Waals surface area contributed by atoms with E-state index >= 15 is 0 Å².